The first-order valence-electron chi connectivity index (χ1n) is 8.59. The number of ether oxygens (including phenoxy) is 1. The predicted molar refractivity (Wildman–Crippen MR) is 95.5 cm³/mol. The number of nitriles is 1. The molecule has 130 valence electrons. The second-order valence-electron chi connectivity index (χ2n) is 6.72. The fourth-order valence-corrected chi connectivity index (χ4v) is 3.83. The number of benzene rings is 1. The van der Waals surface area contributed by atoms with Gasteiger partial charge in [-0.2, -0.15) is 9.94 Å². The maximum absolute atomic E-state index is 9.00. The minimum atomic E-state index is -0.382. The summed E-state index contributed by atoms with van der Waals surface area (Å²) < 4.78 is 7.23. The molecular weight excluding hydrogens is 330 g/mol. The molecular formula is C18H17N7O. The third kappa shape index (κ3) is 2.07. The van der Waals surface area contributed by atoms with Gasteiger partial charge in [-0.3, -0.25) is 4.99 Å². The van der Waals surface area contributed by atoms with E-state index in [0.717, 1.165) is 46.9 Å². The smallest absolute Gasteiger partial charge is 0.207 e. The zero-order chi connectivity index (χ0) is 17.7. The number of para-hydroxylation sites is 2. The number of hydrogen-bond acceptors (Lipinski definition) is 7. The van der Waals surface area contributed by atoms with Crippen molar-refractivity contribution in [3.63, 3.8) is 0 Å². The summed E-state index contributed by atoms with van der Waals surface area (Å²) in [4.78, 5) is 9.03. The Morgan fingerprint density at radius 3 is 2.85 bits per heavy atom. The highest BCUT2D eigenvalue weighted by Crippen LogP contribution is 2.44. The summed E-state index contributed by atoms with van der Waals surface area (Å²) in [5.74, 6) is 0. The molecule has 1 fully saturated rings. The van der Waals surface area contributed by atoms with E-state index in [0.29, 0.717) is 12.4 Å². The first-order chi connectivity index (χ1) is 12.7. The van der Waals surface area contributed by atoms with Gasteiger partial charge in [-0.25, -0.2) is 0 Å². The lowest BCUT2D eigenvalue weighted by Crippen LogP contribution is -2.46. The van der Waals surface area contributed by atoms with Crippen LogP contribution in [0.5, 0.6) is 0 Å². The summed E-state index contributed by atoms with van der Waals surface area (Å²) >= 11 is 0. The topological polar surface area (TPSA) is 82.6 Å². The summed E-state index contributed by atoms with van der Waals surface area (Å²) in [6, 6.07) is 8.28. The van der Waals surface area contributed by atoms with Crippen molar-refractivity contribution < 1.29 is 4.74 Å². The van der Waals surface area contributed by atoms with Crippen LogP contribution in [0.3, 0.4) is 0 Å². The van der Waals surface area contributed by atoms with Gasteiger partial charge in [0, 0.05) is 12.8 Å². The van der Waals surface area contributed by atoms with Crippen molar-refractivity contribution in [3.05, 3.63) is 48.1 Å². The van der Waals surface area contributed by atoms with E-state index < -0.39 is 0 Å². The van der Waals surface area contributed by atoms with Crippen molar-refractivity contribution in [2.24, 2.45) is 4.99 Å². The molecule has 5 rings (SSSR count). The quantitative estimate of drug-likeness (QED) is 0.827. The Bertz CT molecular complexity index is 977. The van der Waals surface area contributed by atoms with Gasteiger partial charge < -0.3 is 14.5 Å². The van der Waals surface area contributed by atoms with Crippen LogP contribution in [0.2, 0.25) is 0 Å². The summed E-state index contributed by atoms with van der Waals surface area (Å²) in [6.45, 7) is 3.41. The minimum Gasteiger partial charge on any atom is -0.356 e. The summed E-state index contributed by atoms with van der Waals surface area (Å²) in [7, 11) is 0. The highest BCUT2D eigenvalue weighted by atomic mass is 16.5. The van der Waals surface area contributed by atoms with Gasteiger partial charge >= 0.3 is 0 Å². The van der Waals surface area contributed by atoms with E-state index in [1.807, 2.05) is 18.3 Å². The molecule has 26 heavy (non-hydrogen) atoms. The zero-order valence-corrected chi connectivity index (χ0v) is 14.3. The van der Waals surface area contributed by atoms with Crippen LogP contribution in [-0.4, -0.2) is 39.7 Å². The van der Waals surface area contributed by atoms with E-state index in [-0.39, 0.29) is 5.72 Å². The van der Waals surface area contributed by atoms with Crippen molar-refractivity contribution in [2.45, 2.75) is 25.5 Å². The highest BCUT2D eigenvalue weighted by molar-refractivity contribution is 6.16. The van der Waals surface area contributed by atoms with E-state index in [2.05, 4.69) is 50.4 Å². The number of aromatic nitrogens is 3. The van der Waals surface area contributed by atoms with Gasteiger partial charge in [0.1, 0.15) is 23.8 Å². The van der Waals surface area contributed by atoms with Crippen molar-refractivity contribution in [2.75, 3.05) is 23.1 Å². The molecule has 0 aliphatic carbocycles. The fourth-order valence-electron chi connectivity index (χ4n) is 3.83. The van der Waals surface area contributed by atoms with Gasteiger partial charge in [0.25, 0.3) is 0 Å². The average molecular weight is 347 g/mol. The van der Waals surface area contributed by atoms with Gasteiger partial charge in [0.15, 0.2) is 0 Å². The third-order valence-corrected chi connectivity index (χ3v) is 5.13. The molecule has 1 aromatic carbocycles. The largest absolute Gasteiger partial charge is 0.356 e. The van der Waals surface area contributed by atoms with Crippen LogP contribution in [0.15, 0.2) is 47.4 Å². The van der Waals surface area contributed by atoms with E-state index in [1.54, 1.807) is 6.20 Å². The lowest BCUT2D eigenvalue weighted by Gasteiger charge is -2.42. The monoisotopic (exact) mass is 347 g/mol. The van der Waals surface area contributed by atoms with Gasteiger partial charge in [0.2, 0.25) is 6.19 Å². The lowest BCUT2D eigenvalue weighted by molar-refractivity contribution is 0.0247. The number of rotatable bonds is 2. The number of allylic oxidation sites excluding steroid dienone is 1. The van der Waals surface area contributed by atoms with Crippen LogP contribution in [0.1, 0.15) is 25.5 Å². The van der Waals surface area contributed by atoms with Crippen molar-refractivity contribution in [1.82, 2.24) is 15.0 Å². The maximum atomic E-state index is 9.00. The maximum Gasteiger partial charge on any atom is 0.207 e. The van der Waals surface area contributed by atoms with Crippen LogP contribution in [0.25, 0.3) is 0 Å². The number of fused-ring (bicyclic) bond motifs is 3. The Labute approximate surface area is 150 Å². The van der Waals surface area contributed by atoms with E-state index >= 15 is 0 Å². The van der Waals surface area contributed by atoms with Crippen molar-refractivity contribution >= 4 is 17.1 Å². The molecule has 0 spiro atoms. The van der Waals surface area contributed by atoms with Gasteiger partial charge in [-0.15, -0.1) is 5.10 Å². The van der Waals surface area contributed by atoms with Crippen LogP contribution >= 0.6 is 0 Å². The van der Waals surface area contributed by atoms with Gasteiger partial charge in [0.05, 0.1) is 23.3 Å². The molecule has 0 amide bonds. The number of aliphatic imine (C=N–C) groups is 1. The van der Waals surface area contributed by atoms with Crippen LogP contribution in [-0.2, 0) is 4.74 Å². The lowest BCUT2D eigenvalue weighted by atomic mass is 10.0. The molecule has 8 heteroatoms. The average Bonchev–Trinajstić information content (AvgIpc) is 3.40. The minimum absolute atomic E-state index is 0.382. The highest BCUT2D eigenvalue weighted by Gasteiger charge is 2.41. The number of hydrogen-bond donors (Lipinski definition) is 0. The van der Waals surface area contributed by atoms with Crippen molar-refractivity contribution in [1.29, 1.82) is 5.26 Å². The van der Waals surface area contributed by atoms with E-state index in [9.17, 15) is 0 Å². The summed E-state index contributed by atoms with van der Waals surface area (Å²) in [5, 5.41) is 16.9. The molecule has 0 radical (unpaired) electrons. The molecule has 0 bridgehead atoms. The molecule has 4 heterocycles. The molecule has 1 atom stereocenters. The van der Waals surface area contributed by atoms with Crippen molar-refractivity contribution in [3.8, 4) is 6.19 Å². The Morgan fingerprint density at radius 2 is 2.12 bits per heavy atom. The van der Waals surface area contributed by atoms with Gasteiger partial charge in [-0.1, -0.05) is 17.3 Å². The molecule has 8 nitrogen and oxygen atoms in total. The standard InChI is InChI=1S/C18H17N7O/c1-18(7-4-8-26-18)25-10-16-17(13-9-23(11-19)22-21-13)20-12-24(16)14-5-2-3-6-15(14)25/h2-3,5-6,9-10H,4,7-8,12H2,1H3. The second kappa shape index (κ2) is 5.41. The van der Waals surface area contributed by atoms with E-state index in [4.69, 9.17) is 10.00 Å². The van der Waals surface area contributed by atoms with Crippen LogP contribution in [0.4, 0.5) is 11.4 Å². The molecule has 2 aromatic rings. The second-order valence-corrected chi connectivity index (χ2v) is 6.72. The fraction of sp³-hybridized carbons (Fsp3) is 0.333. The Morgan fingerprint density at radius 1 is 1.27 bits per heavy atom. The Kier molecular flexibility index (Phi) is 3.14. The summed E-state index contributed by atoms with van der Waals surface area (Å²) in [5.41, 5.74) is 4.11. The first-order valence-corrected chi connectivity index (χ1v) is 8.59. The Balaban J connectivity index is 1.62. The van der Waals surface area contributed by atoms with Crippen LogP contribution in [0, 0.1) is 11.5 Å². The van der Waals surface area contributed by atoms with E-state index in [1.165, 1.54) is 0 Å². The molecule has 1 saturated heterocycles. The molecule has 0 saturated carbocycles. The molecule has 0 N–H and O–H groups in total. The molecule has 1 unspecified atom stereocenters. The Hall–Kier alpha value is -3.18. The predicted octanol–water partition coefficient (Wildman–Crippen LogP) is 2.06. The van der Waals surface area contributed by atoms with Gasteiger partial charge in [-0.05, 0) is 31.9 Å². The van der Waals surface area contributed by atoms with Crippen LogP contribution < -0.4 is 9.80 Å². The summed E-state index contributed by atoms with van der Waals surface area (Å²) in [6.07, 6.45) is 7.63. The molecule has 3 aliphatic heterocycles. The SMILES string of the molecule is CC1(N2C=C3C(c4cn(C#N)nn4)=NCN3c3ccccc32)CCCO1. The first kappa shape index (κ1) is 15.1. The molecule has 3 aliphatic rings. The zero-order valence-electron chi connectivity index (χ0n) is 14.3. The number of nitrogens with zero attached hydrogens (tertiary/aromatic N) is 7. The normalized spacial score (nSPS) is 24.0. The third-order valence-electron chi connectivity index (χ3n) is 5.13. The number of anilines is 2. The molecule has 1 aromatic heterocycles.